The predicted octanol–water partition coefficient (Wildman–Crippen LogP) is 4.87. The average Bonchev–Trinajstić information content (AvgIpc) is 3.41. The average molecular weight is 508 g/mol. The van der Waals surface area contributed by atoms with Gasteiger partial charge in [-0.15, -0.1) is 11.3 Å². The molecule has 3 aromatic rings. The first kappa shape index (κ1) is 26.9. The Morgan fingerprint density at radius 1 is 1.03 bits per heavy atom. The Hall–Kier alpha value is -3.65. The highest BCUT2D eigenvalue weighted by molar-refractivity contribution is 7.12. The zero-order chi connectivity index (χ0) is 26.3. The van der Waals surface area contributed by atoms with E-state index in [0.29, 0.717) is 28.3 Å². The topological polar surface area (TPSA) is 87.7 Å². The minimum absolute atomic E-state index is 0.290. The van der Waals surface area contributed by atoms with Gasteiger partial charge in [0, 0.05) is 5.54 Å². The largest absolute Gasteiger partial charge is 0.495 e. The molecule has 3 rings (SSSR count). The van der Waals surface area contributed by atoms with Crippen LogP contribution >= 0.6 is 11.3 Å². The van der Waals surface area contributed by atoms with Gasteiger partial charge in [-0.2, -0.15) is 0 Å². The molecular formula is C28H33N3O4S. The molecule has 0 aliphatic carbocycles. The number of hydrogen-bond donors (Lipinski definition) is 2. The maximum Gasteiger partial charge on any atom is 0.261 e. The summed E-state index contributed by atoms with van der Waals surface area (Å²) >= 11 is 1.29. The first-order chi connectivity index (χ1) is 17.2. The summed E-state index contributed by atoms with van der Waals surface area (Å²) in [4.78, 5) is 42.1. The van der Waals surface area contributed by atoms with Crippen molar-refractivity contribution in [3.63, 3.8) is 0 Å². The zero-order valence-electron chi connectivity index (χ0n) is 21.3. The Labute approximate surface area is 216 Å². The molecule has 7 nitrogen and oxygen atoms in total. The van der Waals surface area contributed by atoms with Crippen molar-refractivity contribution in [2.24, 2.45) is 0 Å². The van der Waals surface area contributed by atoms with E-state index in [2.05, 4.69) is 10.6 Å². The number of rotatable bonds is 10. The minimum Gasteiger partial charge on any atom is -0.495 e. The highest BCUT2D eigenvalue weighted by Crippen LogP contribution is 2.35. The zero-order valence-corrected chi connectivity index (χ0v) is 22.1. The lowest BCUT2D eigenvalue weighted by atomic mass is 9.97. The number of thiophene rings is 1. The third-order valence-corrected chi connectivity index (χ3v) is 6.87. The van der Waals surface area contributed by atoms with Gasteiger partial charge in [-0.1, -0.05) is 55.0 Å². The van der Waals surface area contributed by atoms with Crippen molar-refractivity contribution in [3.8, 4) is 5.75 Å². The maximum atomic E-state index is 13.8. The van der Waals surface area contributed by atoms with Crippen LogP contribution in [-0.2, 0) is 9.59 Å². The van der Waals surface area contributed by atoms with Gasteiger partial charge in [-0.05, 0) is 56.3 Å². The number of nitrogens with one attached hydrogen (secondary N) is 2. The molecule has 0 aliphatic rings. The van der Waals surface area contributed by atoms with E-state index in [1.807, 2.05) is 52.0 Å². The molecule has 1 aromatic heterocycles. The van der Waals surface area contributed by atoms with Crippen molar-refractivity contribution in [3.05, 3.63) is 82.0 Å². The van der Waals surface area contributed by atoms with Crippen molar-refractivity contribution < 1.29 is 19.1 Å². The number of amides is 3. The number of benzene rings is 2. The van der Waals surface area contributed by atoms with Gasteiger partial charge in [0.25, 0.3) is 5.91 Å². The Morgan fingerprint density at radius 3 is 2.33 bits per heavy atom. The van der Waals surface area contributed by atoms with Crippen molar-refractivity contribution in [2.45, 2.75) is 45.7 Å². The van der Waals surface area contributed by atoms with Crippen LogP contribution in [0.4, 0.5) is 5.69 Å². The van der Waals surface area contributed by atoms with Crippen molar-refractivity contribution in [1.82, 2.24) is 10.6 Å². The normalized spacial score (nSPS) is 11.9. The number of carbonyl (C=O) groups is 3. The lowest BCUT2D eigenvalue weighted by molar-refractivity contribution is -0.127. The number of carbonyl (C=O) groups excluding carboxylic acids is 3. The molecule has 0 saturated carbocycles. The fourth-order valence-corrected chi connectivity index (χ4v) is 4.28. The van der Waals surface area contributed by atoms with E-state index < -0.39 is 17.5 Å². The number of ether oxygens (including phenoxy) is 1. The second-order valence-corrected chi connectivity index (χ2v) is 10.1. The highest BCUT2D eigenvalue weighted by atomic mass is 32.1. The predicted molar refractivity (Wildman–Crippen MR) is 144 cm³/mol. The molecule has 1 heterocycles. The van der Waals surface area contributed by atoms with Gasteiger partial charge in [0.2, 0.25) is 11.8 Å². The molecule has 2 aromatic carbocycles. The van der Waals surface area contributed by atoms with E-state index in [1.54, 1.807) is 41.8 Å². The molecule has 0 fully saturated rings. The number of nitrogens with zero attached hydrogens (tertiary/aromatic N) is 1. The van der Waals surface area contributed by atoms with E-state index in [1.165, 1.54) is 23.3 Å². The van der Waals surface area contributed by atoms with Crippen LogP contribution in [0.15, 0.2) is 66.0 Å². The number of para-hydroxylation sites is 2. The minimum atomic E-state index is -0.987. The lowest BCUT2D eigenvalue weighted by Gasteiger charge is -2.35. The summed E-state index contributed by atoms with van der Waals surface area (Å²) in [7, 11) is 1.52. The van der Waals surface area contributed by atoms with Crippen LogP contribution < -0.4 is 20.3 Å². The van der Waals surface area contributed by atoms with Crippen LogP contribution in [0.5, 0.6) is 5.75 Å². The molecule has 0 saturated heterocycles. The standard InChI is InChI=1S/C28H33N3O4S/c1-6-28(3,4)30-27(34)25(20-15-13-19(2)14-16-20)31(21-10-7-8-11-22(21)35-5)24(32)18-29-26(33)23-12-9-17-36-23/h7-17,25H,6,18H2,1-5H3,(H,29,33)(H,30,34)/t25-/m1/s1. The smallest absolute Gasteiger partial charge is 0.261 e. The van der Waals surface area contributed by atoms with Crippen LogP contribution in [0.2, 0.25) is 0 Å². The third-order valence-electron chi connectivity index (χ3n) is 6.00. The van der Waals surface area contributed by atoms with E-state index in [9.17, 15) is 14.4 Å². The summed E-state index contributed by atoms with van der Waals surface area (Å²) in [6.45, 7) is 7.54. The number of aryl methyl sites for hydroxylation is 1. The molecule has 36 heavy (non-hydrogen) atoms. The fourth-order valence-electron chi connectivity index (χ4n) is 3.64. The number of methoxy groups -OCH3 is 1. The van der Waals surface area contributed by atoms with Gasteiger partial charge in [-0.25, -0.2) is 0 Å². The molecule has 0 bridgehead atoms. The van der Waals surface area contributed by atoms with Crippen LogP contribution in [-0.4, -0.2) is 36.9 Å². The fraction of sp³-hybridized carbons (Fsp3) is 0.321. The first-order valence-corrected chi connectivity index (χ1v) is 12.7. The van der Waals surface area contributed by atoms with Gasteiger partial charge in [0.1, 0.15) is 11.8 Å². The second-order valence-electron chi connectivity index (χ2n) is 9.14. The van der Waals surface area contributed by atoms with Crippen LogP contribution in [0.3, 0.4) is 0 Å². The van der Waals surface area contributed by atoms with E-state index in [-0.39, 0.29) is 18.4 Å². The molecular weight excluding hydrogens is 474 g/mol. The summed E-state index contributed by atoms with van der Waals surface area (Å²) in [6, 6.07) is 17.0. The Balaban J connectivity index is 2.07. The summed E-state index contributed by atoms with van der Waals surface area (Å²) in [5, 5.41) is 7.58. The summed E-state index contributed by atoms with van der Waals surface area (Å²) in [5.74, 6) is -0.675. The molecule has 0 radical (unpaired) electrons. The summed E-state index contributed by atoms with van der Waals surface area (Å²) in [5.41, 5.74) is 1.63. The number of anilines is 1. The van der Waals surface area contributed by atoms with Gasteiger partial charge in [-0.3, -0.25) is 19.3 Å². The monoisotopic (exact) mass is 507 g/mol. The molecule has 2 N–H and O–H groups in total. The van der Waals surface area contributed by atoms with Crippen LogP contribution in [0.1, 0.15) is 54.0 Å². The Kier molecular flexibility index (Phi) is 8.88. The van der Waals surface area contributed by atoms with Gasteiger partial charge < -0.3 is 15.4 Å². The van der Waals surface area contributed by atoms with E-state index in [4.69, 9.17) is 4.74 Å². The molecule has 0 unspecified atom stereocenters. The first-order valence-electron chi connectivity index (χ1n) is 11.8. The van der Waals surface area contributed by atoms with E-state index >= 15 is 0 Å². The van der Waals surface area contributed by atoms with Gasteiger partial charge >= 0.3 is 0 Å². The second kappa shape index (κ2) is 11.9. The summed E-state index contributed by atoms with van der Waals surface area (Å²) in [6.07, 6.45) is 0.707. The SMILES string of the molecule is CCC(C)(C)NC(=O)[C@@H](c1ccc(C)cc1)N(C(=O)CNC(=O)c1cccs1)c1ccccc1OC. The molecule has 3 amide bonds. The maximum absolute atomic E-state index is 13.8. The number of hydrogen-bond acceptors (Lipinski definition) is 5. The van der Waals surface area contributed by atoms with Crippen LogP contribution in [0, 0.1) is 6.92 Å². The Bertz CT molecular complexity index is 1190. The lowest BCUT2D eigenvalue weighted by Crippen LogP contribution is -2.52. The van der Waals surface area contributed by atoms with Crippen LogP contribution in [0.25, 0.3) is 0 Å². The van der Waals surface area contributed by atoms with Crippen molar-refractivity contribution in [2.75, 3.05) is 18.6 Å². The molecule has 1 atom stereocenters. The molecule has 0 aliphatic heterocycles. The van der Waals surface area contributed by atoms with Crippen molar-refractivity contribution in [1.29, 1.82) is 0 Å². The molecule has 0 spiro atoms. The quantitative estimate of drug-likeness (QED) is 0.410. The van der Waals surface area contributed by atoms with Crippen molar-refractivity contribution >= 4 is 34.7 Å². The Morgan fingerprint density at radius 2 is 1.72 bits per heavy atom. The summed E-state index contributed by atoms with van der Waals surface area (Å²) < 4.78 is 5.56. The van der Waals surface area contributed by atoms with E-state index in [0.717, 1.165) is 5.56 Å². The molecule has 8 heteroatoms. The van der Waals surface area contributed by atoms with Gasteiger partial charge in [0.15, 0.2) is 0 Å². The molecule has 190 valence electrons. The van der Waals surface area contributed by atoms with Gasteiger partial charge in [0.05, 0.1) is 24.2 Å². The highest BCUT2D eigenvalue weighted by Gasteiger charge is 2.36. The third kappa shape index (κ3) is 6.51.